The summed E-state index contributed by atoms with van der Waals surface area (Å²) in [6, 6.07) is 35.6. The summed E-state index contributed by atoms with van der Waals surface area (Å²) >= 11 is 0. The van der Waals surface area contributed by atoms with E-state index in [-0.39, 0.29) is 5.82 Å². The SMILES string of the molecule is Cc1ccc(-c2cn3c(-c4ccccc4)c(-c4ccccc4)nc3n2-c2ccc(F)cc2)cc1. The molecule has 4 aromatic carbocycles. The fourth-order valence-electron chi connectivity index (χ4n) is 4.43. The number of fused-ring (bicyclic) bond motifs is 1. The lowest BCUT2D eigenvalue weighted by Crippen LogP contribution is -1.98. The van der Waals surface area contributed by atoms with E-state index in [0.717, 1.165) is 45.2 Å². The summed E-state index contributed by atoms with van der Waals surface area (Å²) in [6.07, 6.45) is 2.13. The first-order chi connectivity index (χ1) is 16.7. The molecule has 0 N–H and O–H groups in total. The first kappa shape index (κ1) is 20.2. The molecule has 0 saturated carbocycles. The molecule has 0 aliphatic carbocycles. The number of nitrogens with zero attached hydrogens (tertiary/aromatic N) is 3. The van der Waals surface area contributed by atoms with E-state index in [1.54, 1.807) is 12.1 Å². The van der Waals surface area contributed by atoms with Crippen molar-refractivity contribution in [2.75, 3.05) is 0 Å². The van der Waals surface area contributed by atoms with E-state index in [1.807, 2.05) is 36.4 Å². The van der Waals surface area contributed by atoms with Crippen molar-refractivity contribution in [3.05, 3.63) is 127 Å². The van der Waals surface area contributed by atoms with E-state index in [0.29, 0.717) is 0 Å². The summed E-state index contributed by atoms with van der Waals surface area (Å²) in [5.41, 5.74) is 8.19. The van der Waals surface area contributed by atoms with Gasteiger partial charge in [-0.05, 0) is 31.2 Å². The molecule has 6 rings (SSSR count). The lowest BCUT2D eigenvalue weighted by Gasteiger charge is -2.10. The fourth-order valence-corrected chi connectivity index (χ4v) is 4.43. The number of hydrogen-bond donors (Lipinski definition) is 0. The second kappa shape index (κ2) is 8.16. The highest BCUT2D eigenvalue weighted by atomic mass is 19.1. The summed E-state index contributed by atoms with van der Waals surface area (Å²) < 4.78 is 18.0. The van der Waals surface area contributed by atoms with Crippen LogP contribution in [-0.4, -0.2) is 14.0 Å². The van der Waals surface area contributed by atoms with Gasteiger partial charge in [0.25, 0.3) is 0 Å². The standard InChI is InChI=1S/C30H22FN3/c1-21-12-14-22(15-13-21)27-20-33-29(24-10-6-3-7-11-24)28(23-8-4-2-5-9-23)32-30(33)34(27)26-18-16-25(31)17-19-26/h2-20H,1H3. The highest BCUT2D eigenvalue weighted by molar-refractivity contribution is 5.83. The Balaban J connectivity index is 1.71. The van der Waals surface area contributed by atoms with Gasteiger partial charge < -0.3 is 0 Å². The van der Waals surface area contributed by atoms with Crippen molar-refractivity contribution in [1.29, 1.82) is 0 Å². The molecule has 0 aliphatic heterocycles. The van der Waals surface area contributed by atoms with Crippen molar-refractivity contribution in [2.24, 2.45) is 0 Å². The Morgan fingerprint density at radius 2 is 1.26 bits per heavy atom. The number of hydrogen-bond acceptors (Lipinski definition) is 1. The number of aromatic nitrogens is 3. The van der Waals surface area contributed by atoms with Gasteiger partial charge in [-0.3, -0.25) is 8.97 Å². The molecule has 2 aromatic heterocycles. The molecule has 0 radical (unpaired) electrons. The van der Waals surface area contributed by atoms with Gasteiger partial charge in [0.2, 0.25) is 5.78 Å². The zero-order valence-electron chi connectivity index (χ0n) is 18.7. The van der Waals surface area contributed by atoms with Crippen LogP contribution in [0.4, 0.5) is 4.39 Å². The number of imidazole rings is 2. The minimum Gasteiger partial charge on any atom is -0.282 e. The fraction of sp³-hybridized carbons (Fsp3) is 0.0333. The van der Waals surface area contributed by atoms with Crippen molar-refractivity contribution in [2.45, 2.75) is 6.92 Å². The van der Waals surface area contributed by atoms with Gasteiger partial charge in [0, 0.05) is 28.6 Å². The van der Waals surface area contributed by atoms with Gasteiger partial charge in [-0.1, -0.05) is 90.5 Å². The van der Waals surface area contributed by atoms with Crippen molar-refractivity contribution in [3.8, 4) is 39.5 Å². The smallest absolute Gasteiger partial charge is 0.220 e. The maximum Gasteiger partial charge on any atom is 0.220 e. The predicted octanol–water partition coefficient (Wildman–Crippen LogP) is 7.57. The van der Waals surface area contributed by atoms with E-state index in [1.165, 1.54) is 17.7 Å². The zero-order valence-corrected chi connectivity index (χ0v) is 18.7. The largest absolute Gasteiger partial charge is 0.282 e. The van der Waals surface area contributed by atoms with Crippen LogP contribution < -0.4 is 0 Å². The average molecular weight is 444 g/mol. The Morgan fingerprint density at radius 1 is 0.647 bits per heavy atom. The van der Waals surface area contributed by atoms with Crippen LogP contribution in [0, 0.1) is 12.7 Å². The summed E-state index contributed by atoms with van der Waals surface area (Å²) in [4.78, 5) is 5.15. The van der Waals surface area contributed by atoms with Crippen LogP contribution in [0.25, 0.3) is 45.2 Å². The van der Waals surface area contributed by atoms with Gasteiger partial charge in [0.1, 0.15) is 5.82 Å². The van der Waals surface area contributed by atoms with Crippen molar-refractivity contribution < 1.29 is 4.39 Å². The molecule has 164 valence electrons. The van der Waals surface area contributed by atoms with Gasteiger partial charge in [0.15, 0.2) is 0 Å². The minimum atomic E-state index is -0.262. The Kier molecular flexibility index (Phi) is 4.84. The molecule has 0 saturated heterocycles. The summed E-state index contributed by atoms with van der Waals surface area (Å²) in [5.74, 6) is 0.516. The van der Waals surface area contributed by atoms with Crippen molar-refractivity contribution in [3.63, 3.8) is 0 Å². The van der Waals surface area contributed by atoms with E-state index >= 15 is 0 Å². The Morgan fingerprint density at radius 3 is 1.91 bits per heavy atom. The molecule has 6 aromatic rings. The third-order valence-corrected chi connectivity index (χ3v) is 6.11. The molecule has 3 nitrogen and oxygen atoms in total. The Labute approximate surface area is 197 Å². The van der Waals surface area contributed by atoms with Crippen LogP contribution >= 0.6 is 0 Å². The van der Waals surface area contributed by atoms with Gasteiger partial charge >= 0.3 is 0 Å². The third kappa shape index (κ3) is 3.41. The highest BCUT2D eigenvalue weighted by Crippen LogP contribution is 2.37. The topological polar surface area (TPSA) is 22.2 Å². The summed E-state index contributed by atoms with van der Waals surface area (Å²) in [6.45, 7) is 2.08. The second-order valence-corrected chi connectivity index (χ2v) is 8.40. The monoisotopic (exact) mass is 443 g/mol. The second-order valence-electron chi connectivity index (χ2n) is 8.40. The Bertz CT molecular complexity index is 1580. The molecule has 0 aliphatic rings. The van der Waals surface area contributed by atoms with Gasteiger partial charge in [-0.15, -0.1) is 0 Å². The van der Waals surface area contributed by atoms with Crippen molar-refractivity contribution in [1.82, 2.24) is 14.0 Å². The maximum atomic E-state index is 13.8. The van der Waals surface area contributed by atoms with Crippen LogP contribution in [-0.2, 0) is 0 Å². The van der Waals surface area contributed by atoms with E-state index in [2.05, 4.69) is 70.6 Å². The lowest BCUT2D eigenvalue weighted by atomic mass is 10.0. The van der Waals surface area contributed by atoms with Crippen molar-refractivity contribution >= 4 is 5.78 Å². The lowest BCUT2D eigenvalue weighted by molar-refractivity contribution is 0.627. The van der Waals surface area contributed by atoms with E-state index in [4.69, 9.17) is 4.98 Å². The molecule has 0 spiro atoms. The highest BCUT2D eigenvalue weighted by Gasteiger charge is 2.22. The number of halogens is 1. The molecule has 0 bridgehead atoms. The molecule has 4 heteroatoms. The van der Waals surface area contributed by atoms with E-state index in [9.17, 15) is 4.39 Å². The normalized spacial score (nSPS) is 11.2. The molecule has 2 heterocycles. The summed E-state index contributed by atoms with van der Waals surface area (Å²) in [5, 5.41) is 0. The Hall–Kier alpha value is -4.44. The predicted molar refractivity (Wildman–Crippen MR) is 136 cm³/mol. The quantitative estimate of drug-likeness (QED) is 0.275. The number of benzene rings is 4. The molecule has 0 unspecified atom stereocenters. The van der Waals surface area contributed by atoms with E-state index < -0.39 is 0 Å². The molecule has 34 heavy (non-hydrogen) atoms. The van der Waals surface area contributed by atoms with Gasteiger partial charge in [-0.25, -0.2) is 9.37 Å². The molecular weight excluding hydrogens is 421 g/mol. The first-order valence-corrected chi connectivity index (χ1v) is 11.3. The average Bonchev–Trinajstić information content (AvgIpc) is 3.43. The van der Waals surface area contributed by atoms with Crippen LogP contribution in [0.3, 0.4) is 0 Å². The van der Waals surface area contributed by atoms with Crippen LogP contribution in [0.2, 0.25) is 0 Å². The van der Waals surface area contributed by atoms with Gasteiger partial charge in [0.05, 0.1) is 17.1 Å². The maximum absolute atomic E-state index is 13.8. The molecule has 0 amide bonds. The minimum absolute atomic E-state index is 0.262. The molecule has 0 fully saturated rings. The van der Waals surface area contributed by atoms with Gasteiger partial charge in [-0.2, -0.15) is 0 Å². The molecule has 0 atom stereocenters. The number of aryl methyl sites for hydroxylation is 1. The van der Waals surface area contributed by atoms with Crippen LogP contribution in [0.5, 0.6) is 0 Å². The number of rotatable bonds is 4. The first-order valence-electron chi connectivity index (χ1n) is 11.3. The zero-order chi connectivity index (χ0) is 23.1. The third-order valence-electron chi connectivity index (χ3n) is 6.11. The van der Waals surface area contributed by atoms with Crippen LogP contribution in [0.1, 0.15) is 5.56 Å². The summed E-state index contributed by atoms with van der Waals surface area (Å²) in [7, 11) is 0. The van der Waals surface area contributed by atoms with Crippen LogP contribution in [0.15, 0.2) is 115 Å². The molecular formula is C30H22FN3.